The molecule has 6 heteroatoms. The van der Waals surface area contributed by atoms with Crippen LogP contribution in [0.4, 0.5) is 15.8 Å². The van der Waals surface area contributed by atoms with Gasteiger partial charge in [0, 0.05) is 35.9 Å². The molecule has 0 aliphatic heterocycles. The third-order valence-electron chi connectivity index (χ3n) is 4.16. The summed E-state index contributed by atoms with van der Waals surface area (Å²) in [5.74, 6) is -0.617. The lowest BCUT2D eigenvalue weighted by Gasteiger charge is -2.18. The Labute approximate surface area is 145 Å². The Morgan fingerprint density at radius 3 is 2.64 bits per heavy atom. The van der Waals surface area contributed by atoms with Gasteiger partial charge in [-0.15, -0.1) is 0 Å². The molecule has 130 valence electrons. The van der Waals surface area contributed by atoms with Gasteiger partial charge in [0.15, 0.2) is 0 Å². The number of carbonyl (C=O) groups is 1. The first-order valence-corrected chi connectivity index (χ1v) is 8.00. The second-order valence-corrected chi connectivity index (χ2v) is 6.01. The molecular weight excluding hydrogens is 321 g/mol. The number of amides is 1. The number of aliphatic hydroxyl groups is 1. The van der Waals surface area contributed by atoms with Crippen molar-refractivity contribution in [2.24, 2.45) is 0 Å². The highest BCUT2D eigenvalue weighted by Crippen LogP contribution is 2.22. The molecule has 0 unspecified atom stereocenters. The van der Waals surface area contributed by atoms with Crippen molar-refractivity contribution < 1.29 is 14.3 Å². The number of aryl methyl sites for hydroxylation is 1. The van der Waals surface area contributed by atoms with E-state index in [1.807, 2.05) is 31.0 Å². The molecule has 0 saturated carbocycles. The van der Waals surface area contributed by atoms with E-state index in [4.69, 9.17) is 5.11 Å². The number of carbonyl (C=O) groups excluding carboxylic acids is 1. The summed E-state index contributed by atoms with van der Waals surface area (Å²) in [7, 11) is 1.88. The van der Waals surface area contributed by atoms with Crippen LogP contribution in [0.2, 0.25) is 0 Å². The summed E-state index contributed by atoms with van der Waals surface area (Å²) in [6.45, 7) is 2.43. The van der Waals surface area contributed by atoms with Crippen LogP contribution >= 0.6 is 0 Å². The van der Waals surface area contributed by atoms with Gasteiger partial charge >= 0.3 is 0 Å². The molecule has 0 atom stereocenters. The molecule has 0 radical (unpaired) electrons. The highest BCUT2D eigenvalue weighted by atomic mass is 19.1. The molecule has 0 fully saturated rings. The number of benzene rings is 2. The normalized spacial score (nSPS) is 10.9. The maximum atomic E-state index is 13.5. The van der Waals surface area contributed by atoms with Crippen LogP contribution in [0.15, 0.2) is 42.5 Å². The lowest BCUT2D eigenvalue weighted by Crippen LogP contribution is -2.21. The minimum atomic E-state index is -0.332. The summed E-state index contributed by atoms with van der Waals surface area (Å²) < 4.78 is 13.5. The number of nitrogens with one attached hydrogen (secondary N) is 2. The lowest BCUT2D eigenvalue weighted by atomic mass is 10.1. The van der Waals surface area contributed by atoms with Gasteiger partial charge in [-0.05, 0) is 55.0 Å². The molecule has 1 heterocycles. The van der Waals surface area contributed by atoms with Crippen molar-refractivity contribution in [3.05, 3.63) is 59.5 Å². The molecule has 3 aromatic rings. The van der Waals surface area contributed by atoms with Crippen molar-refractivity contribution >= 4 is 28.2 Å². The zero-order chi connectivity index (χ0) is 18.0. The summed E-state index contributed by atoms with van der Waals surface area (Å²) in [5, 5.41) is 12.6. The maximum Gasteiger partial charge on any atom is 0.272 e. The van der Waals surface area contributed by atoms with E-state index in [0.717, 1.165) is 16.6 Å². The second-order valence-electron chi connectivity index (χ2n) is 6.01. The predicted octanol–water partition coefficient (Wildman–Crippen LogP) is 3.30. The SMILES string of the molecule is Cc1cc(F)cc2[nH]c(C(=O)Nc3ccc(N(C)CCO)cc3)cc12. The standard InChI is InChI=1S/C19H20FN3O2/c1-12-9-13(20)10-17-16(12)11-18(22-17)19(25)21-14-3-5-15(6-4-14)23(2)7-8-24/h3-6,9-11,22,24H,7-8H2,1-2H3,(H,21,25). The number of halogens is 1. The van der Waals surface area contributed by atoms with Crippen LogP contribution in [-0.4, -0.2) is 36.2 Å². The quantitative estimate of drug-likeness (QED) is 0.667. The first kappa shape index (κ1) is 17.0. The van der Waals surface area contributed by atoms with Crippen LogP contribution in [0.5, 0.6) is 0 Å². The Hall–Kier alpha value is -2.86. The monoisotopic (exact) mass is 341 g/mol. The first-order chi connectivity index (χ1) is 12.0. The highest BCUT2D eigenvalue weighted by molar-refractivity contribution is 6.06. The predicted molar refractivity (Wildman–Crippen MR) is 97.7 cm³/mol. The number of aromatic amines is 1. The fourth-order valence-corrected chi connectivity index (χ4v) is 2.77. The van der Waals surface area contributed by atoms with Gasteiger partial charge in [0.2, 0.25) is 0 Å². The highest BCUT2D eigenvalue weighted by Gasteiger charge is 2.12. The van der Waals surface area contributed by atoms with Gasteiger partial charge in [0.1, 0.15) is 11.5 Å². The molecular formula is C19H20FN3O2. The molecule has 2 aromatic carbocycles. The van der Waals surface area contributed by atoms with E-state index in [-0.39, 0.29) is 18.3 Å². The number of nitrogens with zero attached hydrogens (tertiary/aromatic N) is 1. The van der Waals surface area contributed by atoms with Crippen molar-refractivity contribution in [2.75, 3.05) is 30.4 Å². The van der Waals surface area contributed by atoms with Gasteiger partial charge in [-0.25, -0.2) is 4.39 Å². The molecule has 1 aromatic heterocycles. The molecule has 0 bridgehead atoms. The number of aliphatic hydroxyl groups excluding tert-OH is 1. The minimum Gasteiger partial charge on any atom is -0.395 e. The van der Waals surface area contributed by atoms with Crippen LogP contribution in [-0.2, 0) is 0 Å². The maximum absolute atomic E-state index is 13.5. The van der Waals surface area contributed by atoms with Gasteiger partial charge in [0.25, 0.3) is 5.91 Å². The van der Waals surface area contributed by atoms with E-state index < -0.39 is 0 Å². The fraction of sp³-hybridized carbons (Fsp3) is 0.211. The molecule has 0 aliphatic carbocycles. The van der Waals surface area contributed by atoms with Crippen molar-refractivity contribution in [1.29, 1.82) is 0 Å². The summed E-state index contributed by atoms with van der Waals surface area (Å²) in [5.41, 5.74) is 3.37. The van der Waals surface area contributed by atoms with Crippen LogP contribution in [0.3, 0.4) is 0 Å². The molecule has 0 spiro atoms. The zero-order valence-electron chi connectivity index (χ0n) is 14.1. The molecule has 5 nitrogen and oxygen atoms in total. The van der Waals surface area contributed by atoms with Gasteiger partial charge in [-0.2, -0.15) is 0 Å². The number of hydrogen-bond acceptors (Lipinski definition) is 3. The topological polar surface area (TPSA) is 68.4 Å². The summed E-state index contributed by atoms with van der Waals surface area (Å²) >= 11 is 0. The molecule has 1 amide bonds. The van der Waals surface area contributed by atoms with Gasteiger partial charge in [-0.1, -0.05) is 0 Å². The van der Waals surface area contributed by atoms with E-state index >= 15 is 0 Å². The molecule has 3 N–H and O–H groups in total. The van der Waals surface area contributed by atoms with Crippen molar-refractivity contribution in [1.82, 2.24) is 4.98 Å². The van der Waals surface area contributed by atoms with Crippen LogP contribution in [0.25, 0.3) is 10.9 Å². The number of H-pyrrole nitrogens is 1. The van der Waals surface area contributed by atoms with E-state index in [1.54, 1.807) is 18.2 Å². The third-order valence-corrected chi connectivity index (χ3v) is 4.16. The summed E-state index contributed by atoms with van der Waals surface area (Å²) in [4.78, 5) is 17.3. The summed E-state index contributed by atoms with van der Waals surface area (Å²) in [6, 6.07) is 11.9. The Balaban J connectivity index is 1.77. The van der Waals surface area contributed by atoms with Crippen molar-refractivity contribution in [3.63, 3.8) is 0 Å². The smallest absolute Gasteiger partial charge is 0.272 e. The average Bonchev–Trinajstić information content (AvgIpc) is 3.00. The number of anilines is 2. The van der Waals surface area contributed by atoms with Gasteiger partial charge in [0.05, 0.1) is 6.61 Å². The van der Waals surface area contributed by atoms with Crippen molar-refractivity contribution in [3.8, 4) is 0 Å². The average molecular weight is 341 g/mol. The van der Waals surface area contributed by atoms with E-state index in [0.29, 0.717) is 23.4 Å². The van der Waals surface area contributed by atoms with Crippen molar-refractivity contribution in [2.45, 2.75) is 6.92 Å². The molecule has 25 heavy (non-hydrogen) atoms. The first-order valence-electron chi connectivity index (χ1n) is 8.00. The van der Waals surface area contributed by atoms with Crippen LogP contribution in [0, 0.1) is 12.7 Å². The molecule has 3 rings (SSSR count). The van der Waals surface area contributed by atoms with E-state index in [9.17, 15) is 9.18 Å². The van der Waals surface area contributed by atoms with E-state index in [1.165, 1.54) is 12.1 Å². The van der Waals surface area contributed by atoms with Gasteiger partial charge in [-0.3, -0.25) is 4.79 Å². The number of aromatic nitrogens is 1. The third kappa shape index (κ3) is 3.64. The Bertz CT molecular complexity index is 903. The fourth-order valence-electron chi connectivity index (χ4n) is 2.77. The number of fused-ring (bicyclic) bond motifs is 1. The number of likely N-dealkylation sites (N-methyl/N-ethyl adjacent to an activating group) is 1. The lowest BCUT2D eigenvalue weighted by molar-refractivity contribution is 0.102. The Kier molecular flexibility index (Phi) is 4.72. The van der Waals surface area contributed by atoms with E-state index in [2.05, 4.69) is 10.3 Å². The summed E-state index contributed by atoms with van der Waals surface area (Å²) in [6.07, 6.45) is 0. The molecule has 0 aliphatic rings. The Morgan fingerprint density at radius 1 is 1.24 bits per heavy atom. The number of rotatable bonds is 5. The number of hydrogen-bond donors (Lipinski definition) is 3. The minimum absolute atomic E-state index is 0.0788. The largest absolute Gasteiger partial charge is 0.395 e. The van der Waals surface area contributed by atoms with Gasteiger partial charge < -0.3 is 20.3 Å². The second kappa shape index (κ2) is 6.94. The zero-order valence-corrected chi connectivity index (χ0v) is 14.1. The van der Waals surface area contributed by atoms with Crippen LogP contribution < -0.4 is 10.2 Å². The van der Waals surface area contributed by atoms with Crippen LogP contribution in [0.1, 0.15) is 16.1 Å². The Morgan fingerprint density at radius 2 is 1.96 bits per heavy atom. The molecule has 0 saturated heterocycles.